The van der Waals surface area contributed by atoms with Crippen molar-refractivity contribution >= 4 is 25.2 Å². The first-order valence-electron chi connectivity index (χ1n) is 7.80. The van der Waals surface area contributed by atoms with Crippen molar-refractivity contribution in [2.45, 2.75) is 52.1 Å². The Bertz CT molecular complexity index is 607. The summed E-state index contributed by atoms with van der Waals surface area (Å²) in [5.41, 5.74) is 0.670. The largest absolute Gasteiger partial charge is 0.463 e. The summed E-state index contributed by atoms with van der Waals surface area (Å²) in [4.78, 5) is 12.1. The van der Waals surface area contributed by atoms with Gasteiger partial charge in [0.1, 0.15) is 5.76 Å². The Morgan fingerprint density at radius 1 is 1.17 bits per heavy atom. The summed E-state index contributed by atoms with van der Waals surface area (Å²) in [5.74, 6) is 0.0253. The molecule has 0 saturated carbocycles. The minimum absolute atomic E-state index is 0.00212. The molecule has 6 nitrogen and oxygen atoms in total. The third-order valence-corrected chi connectivity index (χ3v) is 5.58. The topological polar surface area (TPSA) is 75.0 Å². The Kier molecular flexibility index (Phi) is 7.54. The van der Waals surface area contributed by atoms with Crippen LogP contribution in [0.1, 0.15) is 62.1 Å². The molecular formula is C16H26ClO6P. The van der Waals surface area contributed by atoms with Crippen LogP contribution in [0.25, 0.3) is 0 Å². The fraction of sp³-hybridized carbons (Fsp3) is 0.688. The van der Waals surface area contributed by atoms with Crippen LogP contribution in [0.3, 0.4) is 0 Å². The van der Waals surface area contributed by atoms with Crippen molar-refractivity contribution in [3.8, 4) is 0 Å². The van der Waals surface area contributed by atoms with Gasteiger partial charge in [0.25, 0.3) is 0 Å². The highest BCUT2D eigenvalue weighted by molar-refractivity contribution is 7.53. The van der Waals surface area contributed by atoms with Crippen molar-refractivity contribution in [3.05, 3.63) is 22.6 Å². The average molecular weight is 381 g/mol. The molecule has 0 atom stereocenters. The van der Waals surface area contributed by atoms with E-state index < -0.39 is 13.6 Å². The molecule has 0 aromatic carbocycles. The van der Waals surface area contributed by atoms with E-state index in [0.717, 1.165) is 0 Å². The monoisotopic (exact) mass is 380 g/mol. The van der Waals surface area contributed by atoms with Gasteiger partial charge in [0, 0.05) is 16.5 Å². The van der Waals surface area contributed by atoms with E-state index in [0.29, 0.717) is 16.9 Å². The number of ether oxygens (including phenoxy) is 1. The first-order chi connectivity index (χ1) is 11.1. The van der Waals surface area contributed by atoms with E-state index in [9.17, 15) is 9.36 Å². The number of carbonyl (C=O) groups is 1. The molecule has 0 aliphatic carbocycles. The standard InChI is InChI=1S/C16H26ClO6P/c1-7-21-24(19,22-8-2)10-12-11(9-17)14(16(3,4)5)23-13(12)15(18)20-6/h7-10H2,1-6H3. The zero-order valence-electron chi connectivity index (χ0n) is 15.1. The van der Waals surface area contributed by atoms with E-state index in [1.807, 2.05) is 20.8 Å². The van der Waals surface area contributed by atoms with Gasteiger partial charge >= 0.3 is 13.6 Å². The number of methoxy groups -OCH3 is 1. The number of hydrogen-bond donors (Lipinski definition) is 0. The van der Waals surface area contributed by atoms with Gasteiger partial charge in [0.15, 0.2) is 0 Å². The molecule has 0 N–H and O–H groups in total. The Hall–Kier alpha value is -0.810. The van der Waals surface area contributed by atoms with Crippen LogP contribution >= 0.6 is 19.2 Å². The highest BCUT2D eigenvalue weighted by Crippen LogP contribution is 2.53. The first-order valence-corrected chi connectivity index (χ1v) is 10.1. The quantitative estimate of drug-likeness (QED) is 0.364. The number of hydrogen-bond acceptors (Lipinski definition) is 6. The van der Waals surface area contributed by atoms with Gasteiger partial charge in [-0.3, -0.25) is 4.57 Å². The molecule has 1 aromatic heterocycles. The summed E-state index contributed by atoms with van der Waals surface area (Å²) in [6.45, 7) is 9.73. The molecule has 0 amide bonds. The van der Waals surface area contributed by atoms with Crippen LogP contribution in [-0.2, 0) is 35.8 Å². The van der Waals surface area contributed by atoms with Gasteiger partial charge in [-0.1, -0.05) is 20.8 Å². The third kappa shape index (κ3) is 4.85. The van der Waals surface area contributed by atoms with Crippen LogP contribution in [-0.4, -0.2) is 26.3 Å². The lowest BCUT2D eigenvalue weighted by Gasteiger charge is -2.18. The molecule has 1 heterocycles. The second-order valence-electron chi connectivity index (χ2n) is 6.20. The smallest absolute Gasteiger partial charge is 0.374 e. The molecule has 0 aliphatic rings. The summed E-state index contributed by atoms with van der Waals surface area (Å²) >= 11 is 6.10. The van der Waals surface area contributed by atoms with Crippen LogP contribution in [0.4, 0.5) is 0 Å². The molecule has 138 valence electrons. The number of halogens is 1. The average Bonchev–Trinajstić information content (AvgIpc) is 2.85. The molecule has 0 saturated heterocycles. The SMILES string of the molecule is CCOP(=O)(Cc1c(C(=O)OC)oc(C(C)(C)C)c1CCl)OCC. The summed E-state index contributed by atoms with van der Waals surface area (Å²) in [7, 11) is -2.16. The third-order valence-electron chi connectivity index (χ3n) is 3.31. The minimum atomic E-state index is -3.42. The maximum atomic E-state index is 12.9. The van der Waals surface area contributed by atoms with E-state index in [1.54, 1.807) is 13.8 Å². The lowest BCUT2D eigenvalue weighted by molar-refractivity contribution is 0.0560. The van der Waals surface area contributed by atoms with Crippen LogP contribution in [0.5, 0.6) is 0 Å². The minimum Gasteiger partial charge on any atom is -0.463 e. The Morgan fingerprint density at radius 2 is 1.71 bits per heavy atom. The molecule has 8 heteroatoms. The molecule has 1 rings (SSSR count). The van der Waals surface area contributed by atoms with Crippen molar-refractivity contribution in [3.63, 3.8) is 0 Å². The predicted octanol–water partition coefficient (Wildman–Crippen LogP) is 4.87. The van der Waals surface area contributed by atoms with E-state index in [4.69, 9.17) is 29.8 Å². The van der Waals surface area contributed by atoms with Gasteiger partial charge in [0.2, 0.25) is 5.76 Å². The van der Waals surface area contributed by atoms with E-state index in [-0.39, 0.29) is 36.4 Å². The Balaban J connectivity index is 3.50. The van der Waals surface area contributed by atoms with E-state index in [2.05, 4.69) is 0 Å². The van der Waals surface area contributed by atoms with Crippen molar-refractivity contribution < 1.29 is 27.6 Å². The summed E-state index contributed by atoms with van der Waals surface area (Å²) in [6.07, 6.45) is -0.0965. The summed E-state index contributed by atoms with van der Waals surface area (Å²) in [6, 6.07) is 0. The molecule has 0 radical (unpaired) electrons. The van der Waals surface area contributed by atoms with Gasteiger partial charge in [0.05, 0.1) is 32.4 Å². The van der Waals surface area contributed by atoms with Crippen LogP contribution in [0, 0.1) is 0 Å². The first kappa shape index (κ1) is 21.2. The van der Waals surface area contributed by atoms with Crippen molar-refractivity contribution in [2.24, 2.45) is 0 Å². The summed E-state index contributed by atoms with van der Waals surface area (Å²) < 4.78 is 34.1. The second kappa shape index (κ2) is 8.52. The molecule has 0 fully saturated rings. The lowest BCUT2D eigenvalue weighted by Crippen LogP contribution is -2.12. The van der Waals surface area contributed by atoms with Gasteiger partial charge in [-0.15, -0.1) is 11.6 Å². The highest BCUT2D eigenvalue weighted by Gasteiger charge is 2.36. The van der Waals surface area contributed by atoms with Gasteiger partial charge in [-0.25, -0.2) is 4.79 Å². The second-order valence-corrected chi connectivity index (χ2v) is 8.52. The van der Waals surface area contributed by atoms with Crippen molar-refractivity contribution in [1.82, 2.24) is 0 Å². The van der Waals surface area contributed by atoms with Crippen LogP contribution in [0.2, 0.25) is 0 Å². The lowest BCUT2D eigenvalue weighted by atomic mass is 9.90. The Labute approximate surface area is 148 Å². The zero-order valence-corrected chi connectivity index (χ0v) is 16.8. The molecule has 0 aliphatic heterocycles. The van der Waals surface area contributed by atoms with Crippen LogP contribution in [0.15, 0.2) is 4.42 Å². The fourth-order valence-electron chi connectivity index (χ4n) is 2.39. The molecule has 1 aromatic rings. The number of alkyl halides is 1. The maximum absolute atomic E-state index is 12.9. The van der Waals surface area contributed by atoms with Crippen molar-refractivity contribution in [2.75, 3.05) is 20.3 Å². The normalized spacial score (nSPS) is 12.5. The zero-order chi connectivity index (χ0) is 18.5. The maximum Gasteiger partial charge on any atom is 0.374 e. The van der Waals surface area contributed by atoms with E-state index in [1.165, 1.54) is 7.11 Å². The number of carbonyl (C=O) groups excluding carboxylic acids is 1. The molecule has 0 bridgehead atoms. The van der Waals surface area contributed by atoms with Crippen molar-refractivity contribution in [1.29, 1.82) is 0 Å². The fourth-order valence-corrected chi connectivity index (χ4v) is 4.44. The molecule has 0 spiro atoms. The van der Waals surface area contributed by atoms with E-state index >= 15 is 0 Å². The van der Waals surface area contributed by atoms with Gasteiger partial charge < -0.3 is 18.2 Å². The molecular weight excluding hydrogens is 355 g/mol. The number of rotatable bonds is 8. The number of furan rings is 1. The predicted molar refractivity (Wildman–Crippen MR) is 92.9 cm³/mol. The van der Waals surface area contributed by atoms with Crippen LogP contribution < -0.4 is 0 Å². The van der Waals surface area contributed by atoms with Gasteiger partial charge in [-0.2, -0.15) is 0 Å². The number of esters is 1. The highest BCUT2D eigenvalue weighted by atomic mass is 35.5. The summed E-state index contributed by atoms with van der Waals surface area (Å²) in [5, 5.41) is 0. The van der Waals surface area contributed by atoms with Gasteiger partial charge in [-0.05, 0) is 13.8 Å². The molecule has 24 heavy (non-hydrogen) atoms. The Morgan fingerprint density at radius 3 is 2.08 bits per heavy atom. The molecule has 0 unspecified atom stereocenters.